The lowest BCUT2D eigenvalue weighted by Gasteiger charge is -2.14. The molecule has 1 N–H and O–H groups in total. The fourth-order valence-electron chi connectivity index (χ4n) is 3.77. The van der Waals surface area contributed by atoms with E-state index in [1.54, 1.807) is 49.5 Å². The SMILES string of the molecule is COC(=O)[C@@H](C)Cn1c(=O)[nH]/c(=N\c2ccc(Oc3ccc(OC)nc3)cc2)n(Cc2ccc(C)cc2)c1=O. The average Bonchev–Trinajstić information content (AvgIpc) is 2.95. The molecule has 11 heteroatoms. The molecule has 0 fully saturated rings. The average molecular weight is 532 g/mol. The molecule has 0 amide bonds. The normalized spacial score (nSPS) is 12.2. The van der Waals surface area contributed by atoms with Crippen molar-refractivity contribution in [2.24, 2.45) is 10.9 Å². The Morgan fingerprint density at radius 1 is 0.974 bits per heavy atom. The van der Waals surface area contributed by atoms with Crippen molar-refractivity contribution in [3.8, 4) is 17.4 Å². The summed E-state index contributed by atoms with van der Waals surface area (Å²) in [7, 11) is 2.79. The number of carbonyl (C=O) groups is 1. The number of aryl methyl sites for hydroxylation is 1. The number of nitrogens with zero attached hydrogens (tertiary/aromatic N) is 4. The monoisotopic (exact) mass is 531 g/mol. The van der Waals surface area contributed by atoms with E-state index in [1.807, 2.05) is 31.2 Å². The second-order valence-electron chi connectivity index (χ2n) is 8.89. The molecule has 0 saturated carbocycles. The van der Waals surface area contributed by atoms with Gasteiger partial charge in [0.1, 0.15) is 11.5 Å². The molecule has 0 saturated heterocycles. The predicted octanol–water partition coefficient (Wildman–Crippen LogP) is 2.93. The van der Waals surface area contributed by atoms with Gasteiger partial charge in [-0.2, -0.15) is 0 Å². The van der Waals surface area contributed by atoms with Crippen molar-refractivity contribution >= 4 is 11.7 Å². The largest absolute Gasteiger partial charge is 0.481 e. The molecule has 4 aromatic rings. The van der Waals surface area contributed by atoms with Crippen LogP contribution in [-0.4, -0.2) is 39.3 Å². The van der Waals surface area contributed by atoms with Gasteiger partial charge in [-0.15, -0.1) is 0 Å². The van der Waals surface area contributed by atoms with Crippen molar-refractivity contribution in [2.75, 3.05) is 14.2 Å². The number of benzene rings is 2. The molecule has 0 unspecified atom stereocenters. The Bertz CT molecular complexity index is 1620. The van der Waals surface area contributed by atoms with Crippen molar-refractivity contribution in [3.05, 3.63) is 105 Å². The highest BCUT2D eigenvalue weighted by Crippen LogP contribution is 2.24. The minimum atomic E-state index is -0.696. The lowest BCUT2D eigenvalue weighted by molar-refractivity contribution is -0.145. The van der Waals surface area contributed by atoms with Crippen molar-refractivity contribution in [3.63, 3.8) is 0 Å². The van der Waals surface area contributed by atoms with E-state index >= 15 is 0 Å². The second-order valence-corrected chi connectivity index (χ2v) is 8.89. The number of ether oxygens (including phenoxy) is 3. The molecule has 0 spiro atoms. The topological polar surface area (TPSA) is 130 Å². The number of rotatable bonds is 9. The van der Waals surface area contributed by atoms with Gasteiger partial charge in [-0.1, -0.05) is 36.8 Å². The van der Waals surface area contributed by atoms with Crippen LogP contribution < -0.4 is 26.5 Å². The summed E-state index contributed by atoms with van der Waals surface area (Å²) < 4.78 is 17.9. The van der Waals surface area contributed by atoms with Crippen LogP contribution in [0.2, 0.25) is 0 Å². The van der Waals surface area contributed by atoms with Gasteiger partial charge < -0.3 is 14.2 Å². The van der Waals surface area contributed by atoms with E-state index in [4.69, 9.17) is 14.2 Å². The molecule has 1 atom stereocenters. The van der Waals surface area contributed by atoms with Crippen LogP contribution in [0.3, 0.4) is 0 Å². The first-order chi connectivity index (χ1) is 18.8. The summed E-state index contributed by atoms with van der Waals surface area (Å²) in [5, 5.41) is 0. The third-order valence-electron chi connectivity index (χ3n) is 5.93. The fraction of sp³-hybridized carbons (Fsp3) is 0.250. The highest BCUT2D eigenvalue weighted by Gasteiger charge is 2.18. The summed E-state index contributed by atoms with van der Waals surface area (Å²) in [5.74, 6) is 0.344. The predicted molar refractivity (Wildman–Crippen MR) is 143 cm³/mol. The number of methoxy groups -OCH3 is 2. The zero-order chi connectivity index (χ0) is 27.9. The minimum absolute atomic E-state index is 0.0700. The van der Waals surface area contributed by atoms with Crippen LogP contribution in [0.25, 0.3) is 0 Å². The number of H-pyrrole nitrogens is 1. The second kappa shape index (κ2) is 12.1. The molecule has 39 heavy (non-hydrogen) atoms. The Kier molecular flexibility index (Phi) is 8.40. The van der Waals surface area contributed by atoms with Crippen molar-refractivity contribution in [2.45, 2.75) is 26.9 Å². The Labute approximate surface area is 224 Å². The van der Waals surface area contributed by atoms with Crippen LogP contribution in [0.4, 0.5) is 5.69 Å². The zero-order valence-corrected chi connectivity index (χ0v) is 22.1. The van der Waals surface area contributed by atoms with Crippen molar-refractivity contribution in [1.29, 1.82) is 0 Å². The molecule has 0 bridgehead atoms. The first kappa shape index (κ1) is 27.1. The maximum Gasteiger partial charge on any atom is 0.335 e. The molecule has 0 aliphatic carbocycles. The third-order valence-corrected chi connectivity index (χ3v) is 5.93. The smallest absolute Gasteiger partial charge is 0.335 e. The highest BCUT2D eigenvalue weighted by molar-refractivity contribution is 5.71. The molecule has 0 aliphatic rings. The van der Waals surface area contributed by atoms with E-state index in [0.717, 1.165) is 15.7 Å². The zero-order valence-electron chi connectivity index (χ0n) is 22.1. The highest BCUT2D eigenvalue weighted by atomic mass is 16.5. The lowest BCUT2D eigenvalue weighted by atomic mass is 10.1. The number of pyridine rings is 1. The van der Waals surface area contributed by atoms with E-state index in [2.05, 4.69) is 15.0 Å². The first-order valence-corrected chi connectivity index (χ1v) is 12.2. The van der Waals surface area contributed by atoms with Crippen LogP contribution in [0.1, 0.15) is 18.1 Å². The molecule has 2 aromatic heterocycles. The lowest BCUT2D eigenvalue weighted by Crippen LogP contribution is -2.51. The van der Waals surface area contributed by atoms with E-state index in [9.17, 15) is 14.4 Å². The van der Waals surface area contributed by atoms with Gasteiger partial charge in [0.05, 0.1) is 38.6 Å². The summed E-state index contributed by atoms with van der Waals surface area (Å²) in [4.78, 5) is 49.7. The number of hydrogen-bond acceptors (Lipinski definition) is 8. The van der Waals surface area contributed by atoms with Crippen molar-refractivity contribution < 1.29 is 19.0 Å². The van der Waals surface area contributed by atoms with E-state index in [0.29, 0.717) is 23.1 Å². The Hall–Kier alpha value is -4.93. The van der Waals surface area contributed by atoms with Gasteiger partial charge in [-0.25, -0.2) is 24.1 Å². The van der Waals surface area contributed by atoms with E-state index in [-0.39, 0.29) is 18.7 Å². The van der Waals surface area contributed by atoms with Crippen molar-refractivity contribution in [1.82, 2.24) is 19.1 Å². The van der Waals surface area contributed by atoms with Crippen LogP contribution in [-0.2, 0) is 22.6 Å². The molecule has 11 nitrogen and oxygen atoms in total. The number of aromatic amines is 1. The van der Waals surface area contributed by atoms with Crippen LogP contribution >= 0.6 is 0 Å². The number of esters is 1. The summed E-state index contributed by atoms with van der Waals surface area (Å²) in [5.41, 5.74) is 1.20. The molecule has 2 aromatic carbocycles. The maximum absolute atomic E-state index is 13.5. The minimum Gasteiger partial charge on any atom is -0.481 e. The summed E-state index contributed by atoms with van der Waals surface area (Å²) >= 11 is 0. The van der Waals surface area contributed by atoms with Gasteiger partial charge >= 0.3 is 17.3 Å². The Morgan fingerprint density at radius 2 is 1.67 bits per heavy atom. The standard InChI is InChI=1S/C28H29N5O6/c1-18-5-7-20(8-6-18)17-32-26(31-27(35)33(28(32)36)16-19(2)25(34)38-4)30-21-9-11-22(12-10-21)39-23-13-14-24(37-3)29-15-23/h5-15,19H,16-17H2,1-4H3,(H,30,31,35)/t19-/m0/s1. The number of aromatic nitrogens is 4. The Balaban J connectivity index is 1.70. The molecule has 4 rings (SSSR count). The first-order valence-electron chi connectivity index (χ1n) is 12.2. The van der Waals surface area contributed by atoms with Crippen LogP contribution in [0.5, 0.6) is 17.4 Å². The van der Waals surface area contributed by atoms with Gasteiger partial charge in [-0.3, -0.25) is 14.3 Å². The van der Waals surface area contributed by atoms with Gasteiger partial charge in [0.25, 0.3) is 0 Å². The fourth-order valence-corrected chi connectivity index (χ4v) is 3.77. The molecule has 2 heterocycles. The summed E-state index contributed by atoms with van der Waals surface area (Å²) in [6.45, 7) is 3.58. The van der Waals surface area contributed by atoms with Crippen LogP contribution in [0, 0.1) is 12.8 Å². The summed E-state index contributed by atoms with van der Waals surface area (Å²) in [6.07, 6.45) is 1.55. The van der Waals surface area contributed by atoms with E-state index in [1.165, 1.54) is 18.8 Å². The number of carbonyl (C=O) groups excluding carboxylic acids is 1. The number of nitrogens with one attached hydrogen (secondary N) is 1. The van der Waals surface area contributed by atoms with Gasteiger partial charge in [-0.05, 0) is 42.8 Å². The quantitative estimate of drug-likeness (QED) is 0.329. The Morgan fingerprint density at radius 3 is 2.28 bits per heavy atom. The third kappa shape index (κ3) is 6.69. The molecular formula is C28H29N5O6. The molecule has 202 valence electrons. The van der Waals surface area contributed by atoms with Gasteiger partial charge in [0.15, 0.2) is 0 Å². The van der Waals surface area contributed by atoms with Crippen LogP contribution in [0.15, 0.2) is 81.4 Å². The molecule has 0 aliphatic heterocycles. The molecular weight excluding hydrogens is 502 g/mol. The van der Waals surface area contributed by atoms with E-state index < -0.39 is 23.3 Å². The van der Waals surface area contributed by atoms with Gasteiger partial charge in [0, 0.05) is 12.6 Å². The molecule has 0 radical (unpaired) electrons. The maximum atomic E-state index is 13.5. The van der Waals surface area contributed by atoms with Gasteiger partial charge in [0.2, 0.25) is 11.5 Å². The summed E-state index contributed by atoms with van der Waals surface area (Å²) in [6, 6.07) is 17.9. The number of hydrogen-bond donors (Lipinski definition) is 1.